The maximum atomic E-state index is 11.3. The molecule has 0 spiro atoms. The van der Waals surface area contributed by atoms with Gasteiger partial charge in [0.1, 0.15) is 12.4 Å². The lowest BCUT2D eigenvalue weighted by molar-refractivity contribution is -0.114. The summed E-state index contributed by atoms with van der Waals surface area (Å²) >= 11 is 5.69. The number of halogens is 1. The standard InChI is InChI=1S/C15H31ClO2Si/c1-12(2)19(13(3)4,14(5)6)18-15(11-17)9-7-8-10-16/h11-15H,7-10H2,1-6H3/t15-/m0/s1. The first-order valence-corrected chi connectivity index (χ1v) is 10.2. The van der Waals surface area contributed by atoms with Crippen molar-refractivity contribution < 1.29 is 9.22 Å². The van der Waals surface area contributed by atoms with E-state index in [-0.39, 0.29) is 6.10 Å². The summed E-state index contributed by atoms with van der Waals surface area (Å²) in [6, 6.07) is 0. The van der Waals surface area contributed by atoms with Gasteiger partial charge in [0, 0.05) is 5.88 Å². The predicted molar refractivity (Wildman–Crippen MR) is 86.6 cm³/mol. The van der Waals surface area contributed by atoms with Gasteiger partial charge < -0.3 is 9.22 Å². The minimum absolute atomic E-state index is 0.248. The lowest BCUT2D eigenvalue weighted by atomic mass is 10.2. The Balaban J connectivity index is 4.91. The van der Waals surface area contributed by atoms with Crippen LogP contribution >= 0.6 is 11.6 Å². The Kier molecular flexibility index (Phi) is 9.21. The van der Waals surface area contributed by atoms with E-state index in [1.54, 1.807) is 0 Å². The number of carbonyl (C=O) groups is 1. The van der Waals surface area contributed by atoms with Gasteiger partial charge in [0.15, 0.2) is 0 Å². The normalized spacial score (nSPS) is 14.4. The molecule has 0 fully saturated rings. The summed E-state index contributed by atoms with van der Waals surface area (Å²) < 4.78 is 6.45. The highest BCUT2D eigenvalue weighted by Gasteiger charge is 2.46. The Bertz CT molecular complexity index is 233. The maximum Gasteiger partial charge on any atom is 0.201 e. The van der Waals surface area contributed by atoms with Crippen LogP contribution in [0.3, 0.4) is 0 Å². The summed E-state index contributed by atoms with van der Waals surface area (Å²) in [5, 5.41) is 0. The minimum Gasteiger partial charge on any atom is -0.406 e. The highest BCUT2D eigenvalue weighted by Crippen LogP contribution is 2.43. The summed E-state index contributed by atoms with van der Waals surface area (Å²) in [4.78, 5) is 11.3. The maximum absolute atomic E-state index is 11.3. The first-order valence-electron chi connectivity index (χ1n) is 7.51. The molecule has 0 saturated carbocycles. The van der Waals surface area contributed by atoms with Crippen LogP contribution in [0.15, 0.2) is 0 Å². The zero-order chi connectivity index (χ0) is 15.1. The third-order valence-electron chi connectivity index (χ3n) is 4.09. The largest absolute Gasteiger partial charge is 0.406 e. The van der Waals surface area contributed by atoms with Crippen molar-refractivity contribution in [3.8, 4) is 0 Å². The van der Waals surface area contributed by atoms with Crippen molar-refractivity contribution >= 4 is 26.2 Å². The summed E-state index contributed by atoms with van der Waals surface area (Å²) in [5.41, 5.74) is 1.55. The minimum atomic E-state index is -1.94. The van der Waals surface area contributed by atoms with Crippen LogP contribution in [0.4, 0.5) is 0 Å². The first-order chi connectivity index (χ1) is 8.82. The van der Waals surface area contributed by atoms with E-state index in [1.165, 1.54) is 0 Å². The number of unbranched alkanes of at least 4 members (excludes halogenated alkanes) is 1. The molecule has 19 heavy (non-hydrogen) atoms. The Morgan fingerprint density at radius 3 is 1.79 bits per heavy atom. The van der Waals surface area contributed by atoms with E-state index < -0.39 is 8.32 Å². The van der Waals surface area contributed by atoms with Gasteiger partial charge in [-0.15, -0.1) is 11.6 Å². The Hall–Kier alpha value is 0.137. The number of alkyl halides is 1. The van der Waals surface area contributed by atoms with Crippen molar-refractivity contribution in [2.75, 3.05) is 5.88 Å². The number of hydrogen-bond donors (Lipinski definition) is 0. The van der Waals surface area contributed by atoms with Gasteiger partial charge in [-0.3, -0.25) is 0 Å². The number of rotatable bonds is 10. The molecular weight excluding hydrogens is 276 g/mol. The fraction of sp³-hybridized carbons (Fsp3) is 0.933. The van der Waals surface area contributed by atoms with Crippen LogP contribution in [-0.2, 0) is 9.22 Å². The molecule has 0 amide bonds. The molecule has 4 heteroatoms. The molecule has 0 aliphatic carbocycles. The average Bonchev–Trinajstić information content (AvgIpc) is 2.32. The van der Waals surface area contributed by atoms with E-state index in [1.807, 2.05) is 0 Å². The van der Waals surface area contributed by atoms with Crippen LogP contribution < -0.4 is 0 Å². The molecule has 0 aromatic rings. The highest BCUT2D eigenvalue weighted by atomic mass is 35.5. The predicted octanol–water partition coefficient (Wildman–Crippen LogP) is 5.16. The van der Waals surface area contributed by atoms with E-state index in [2.05, 4.69) is 41.5 Å². The van der Waals surface area contributed by atoms with E-state index in [0.29, 0.717) is 22.5 Å². The highest BCUT2D eigenvalue weighted by molar-refractivity contribution is 6.77. The lowest BCUT2D eigenvalue weighted by Crippen LogP contribution is -2.50. The van der Waals surface area contributed by atoms with Crippen molar-refractivity contribution in [1.82, 2.24) is 0 Å². The van der Waals surface area contributed by atoms with Gasteiger partial charge in [0.2, 0.25) is 8.32 Å². The van der Waals surface area contributed by atoms with Gasteiger partial charge in [-0.25, -0.2) is 0 Å². The van der Waals surface area contributed by atoms with Crippen LogP contribution in [0.2, 0.25) is 16.6 Å². The summed E-state index contributed by atoms with van der Waals surface area (Å²) in [6.45, 7) is 13.5. The van der Waals surface area contributed by atoms with E-state index >= 15 is 0 Å². The van der Waals surface area contributed by atoms with Crippen molar-refractivity contribution in [2.24, 2.45) is 0 Å². The van der Waals surface area contributed by atoms with Crippen LogP contribution in [-0.4, -0.2) is 26.6 Å². The summed E-state index contributed by atoms with van der Waals surface area (Å²) in [7, 11) is -1.94. The topological polar surface area (TPSA) is 26.3 Å². The molecule has 1 atom stereocenters. The zero-order valence-corrected chi connectivity index (χ0v) is 15.2. The average molecular weight is 307 g/mol. The van der Waals surface area contributed by atoms with Crippen molar-refractivity contribution in [3.05, 3.63) is 0 Å². The fourth-order valence-corrected chi connectivity index (χ4v) is 8.97. The van der Waals surface area contributed by atoms with Gasteiger partial charge >= 0.3 is 0 Å². The van der Waals surface area contributed by atoms with Crippen LogP contribution in [0.25, 0.3) is 0 Å². The van der Waals surface area contributed by atoms with Gasteiger partial charge in [0.25, 0.3) is 0 Å². The van der Waals surface area contributed by atoms with E-state index in [9.17, 15) is 4.79 Å². The molecule has 0 aromatic carbocycles. The molecule has 0 aromatic heterocycles. The summed E-state index contributed by atoms with van der Waals surface area (Å²) in [6.07, 6.45) is 3.46. The van der Waals surface area contributed by atoms with Crippen molar-refractivity contribution in [2.45, 2.75) is 83.5 Å². The quantitative estimate of drug-likeness (QED) is 0.241. The molecular formula is C15H31ClO2Si. The molecule has 0 unspecified atom stereocenters. The van der Waals surface area contributed by atoms with Gasteiger partial charge in [-0.05, 0) is 35.9 Å². The van der Waals surface area contributed by atoms with Gasteiger partial charge in [0.05, 0.1) is 0 Å². The Morgan fingerprint density at radius 1 is 1.00 bits per heavy atom. The Morgan fingerprint density at radius 2 is 1.47 bits per heavy atom. The molecule has 0 heterocycles. The SMILES string of the molecule is CC(C)[Si](O[C@H](C=O)CCCCCl)(C(C)C)C(C)C. The number of carbonyl (C=O) groups excluding carboxylic acids is 1. The molecule has 0 rings (SSSR count). The third kappa shape index (κ3) is 5.20. The third-order valence-corrected chi connectivity index (χ3v) is 10.5. The smallest absolute Gasteiger partial charge is 0.201 e. The Labute approximate surface area is 125 Å². The molecule has 0 aliphatic rings. The molecule has 0 radical (unpaired) electrons. The van der Waals surface area contributed by atoms with Gasteiger partial charge in [-0.1, -0.05) is 41.5 Å². The van der Waals surface area contributed by atoms with Crippen molar-refractivity contribution in [3.63, 3.8) is 0 Å². The number of hydrogen-bond acceptors (Lipinski definition) is 2. The molecule has 2 nitrogen and oxygen atoms in total. The second-order valence-corrected chi connectivity index (χ2v) is 12.1. The second kappa shape index (κ2) is 9.14. The molecule has 114 valence electrons. The zero-order valence-electron chi connectivity index (χ0n) is 13.4. The van der Waals surface area contributed by atoms with Crippen LogP contribution in [0.5, 0.6) is 0 Å². The monoisotopic (exact) mass is 306 g/mol. The van der Waals surface area contributed by atoms with E-state index in [0.717, 1.165) is 25.5 Å². The van der Waals surface area contributed by atoms with Gasteiger partial charge in [-0.2, -0.15) is 0 Å². The molecule has 0 bridgehead atoms. The number of aldehydes is 1. The fourth-order valence-electron chi connectivity index (χ4n) is 3.27. The first kappa shape index (κ1) is 19.1. The summed E-state index contributed by atoms with van der Waals surface area (Å²) in [5.74, 6) is 0.659. The molecule has 0 saturated heterocycles. The molecule has 0 aliphatic heterocycles. The lowest BCUT2D eigenvalue weighted by Gasteiger charge is -2.43. The van der Waals surface area contributed by atoms with E-state index in [4.69, 9.17) is 16.0 Å². The molecule has 0 N–H and O–H groups in total. The van der Waals surface area contributed by atoms with Crippen LogP contribution in [0.1, 0.15) is 60.8 Å². The van der Waals surface area contributed by atoms with Crippen LogP contribution in [0, 0.1) is 0 Å². The van der Waals surface area contributed by atoms with Crippen molar-refractivity contribution in [1.29, 1.82) is 0 Å². The second-order valence-electron chi connectivity index (χ2n) is 6.29.